The maximum absolute atomic E-state index is 13.4. The Balaban J connectivity index is 1.71. The highest BCUT2D eigenvalue weighted by atomic mass is 35.5. The minimum atomic E-state index is -0.628. The molecule has 0 aliphatic carbocycles. The summed E-state index contributed by atoms with van der Waals surface area (Å²) >= 11 is 6.19. The number of hydrogen-bond acceptors (Lipinski definition) is 4. The van der Waals surface area contributed by atoms with Crippen LogP contribution >= 0.6 is 11.6 Å². The molecule has 0 atom stereocenters. The Kier molecular flexibility index (Phi) is 7.06. The largest absolute Gasteiger partial charge is 0.331 e. The van der Waals surface area contributed by atoms with Gasteiger partial charge in [-0.3, -0.25) is 23.9 Å². The molecule has 0 saturated heterocycles. The van der Waals surface area contributed by atoms with Gasteiger partial charge in [-0.15, -0.1) is 0 Å². The summed E-state index contributed by atoms with van der Waals surface area (Å²) in [5, 5.41) is 9.44. The second-order valence-electron chi connectivity index (χ2n) is 7.77. The number of rotatable bonds is 7. The molecule has 0 unspecified atom stereocenters. The van der Waals surface area contributed by atoms with Crippen LogP contribution in [0.5, 0.6) is 0 Å². The van der Waals surface area contributed by atoms with Crippen molar-refractivity contribution < 1.29 is 10.0 Å². The van der Waals surface area contributed by atoms with Gasteiger partial charge in [-0.2, -0.15) is 0 Å². The number of nitrogens with zero attached hydrogens (tertiary/aromatic N) is 2. The predicted molar refractivity (Wildman–Crippen MR) is 132 cm³/mol. The number of amides is 1. The zero-order chi connectivity index (χ0) is 24.1. The van der Waals surface area contributed by atoms with Crippen molar-refractivity contribution in [1.82, 2.24) is 14.6 Å². The standard InChI is InChI=1S/C26H22ClN3O4/c27-21-11-12-22-23(16-21)30(17-20-8-6-19(7-9-20)10-13-24(31)28-34)26(33)29(25(22)32)15-14-18-4-2-1-3-5-18/h1-13,16,34H,14-15,17H2,(H,28,31)/b13-10+. The Morgan fingerprint density at radius 3 is 2.38 bits per heavy atom. The number of nitrogens with one attached hydrogen (secondary N) is 1. The maximum Gasteiger partial charge on any atom is 0.331 e. The highest BCUT2D eigenvalue weighted by molar-refractivity contribution is 6.31. The van der Waals surface area contributed by atoms with Crippen LogP contribution in [0.4, 0.5) is 0 Å². The van der Waals surface area contributed by atoms with Crippen molar-refractivity contribution in [3.63, 3.8) is 0 Å². The summed E-state index contributed by atoms with van der Waals surface area (Å²) in [7, 11) is 0. The zero-order valence-electron chi connectivity index (χ0n) is 18.1. The summed E-state index contributed by atoms with van der Waals surface area (Å²) in [5.74, 6) is -0.628. The van der Waals surface area contributed by atoms with Gasteiger partial charge < -0.3 is 0 Å². The maximum atomic E-state index is 13.4. The van der Waals surface area contributed by atoms with Crippen molar-refractivity contribution >= 4 is 34.5 Å². The molecule has 4 aromatic rings. The molecule has 8 heteroatoms. The number of benzene rings is 3. The Labute approximate surface area is 200 Å². The van der Waals surface area contributed by atoms with Gasteiger partial charge in [-0.1, -0.05) is 66.2 Å². The molecule has 0 spiro atoms. The van der Waals surface area contributed by atoms with Gasteiger partial charge in [0.2, 0.25) is 0 Å². The van der Waals surface area contributed by atoms with E-state index in [4.69, 9.17) is 16.8 Å². The Morgan fingerprint density at radius 1 is 0.941 bits per heavy atom. The van der Waals surface area contributed by atoms with Gasteiger partial charge >= 0.3 is 5.69 Å². The smallest absolute Gasteiger partial charge is 0.289 e. The van der Waals surface area contributed by atoms with Crippen LogP contribution in [-0.4, -0.2) is 20.2 Å². The van der Waals surface area contributed by atoms with E-state index < -0.39 is 11.6 Å². The molecular weight excluding hydrogens is 454 g/mol. The first-order valence-electron chi connectivity index (χ1n) is 10.6. The lowest BCUT2D eigenvalue weighted by Gasteiger charge is -2.15. The van der Waals surface area contributed by atoms with Gasteiger partial charge in [0.15, 0.2) is 0 Å². The van der Waals surface area contributed by atoms with E-state index in [0.29, 0.717) is 22.3 Å². The SMILES string of the molecule is O=C(/C=C/c1ccc(Cn2c(=O)n(CCc3ccccc3)c(=O)c3ccc(Cl)cc32)cc1)NO. The Bertz CT molecular complexity index is 1470. The molecule has 7 nitrogen and oxygen atoms in total. The Hall–Kier alpha value is -3.94. The molecule has 2 N–H and O–H groups in total. The third-order valence-corrected chi connectivity index (χ3v) is 5.75. The highest BCUT2D eigenvalue weighted by Crippen LogP contribution is 2.17. The van der Waals surface area contributed by atoms with Gasteiger partial charge in [0.1, 0.15) is 0 Å². The first kappa shape index (κ1) is 23.2. The van der Waals surface area contributed by atoms with E-state index in [9.17, 15) is 14.4 Å². The van der Waals surface area contributed by atoms with Crippen LogP contribution in [0.2, 0.25) is 5.02 Å². The topological polar surface area (TPSA) is 93.3 Å². The number of carbonyl (C=O) groups is 1. The van der Waals surface area contributed by atoms with Crippen molar-refractivity contribution in [2.45, 2.75) is 19.5 Å². The Morgan fingerprint density at radius 2 is 1.68 bits per heavy atom. The molecule has 0 aliphatic rings. The third kappa shape index (κ3) is 5.17. The van der Waals surface area contributed by atoms with Crippen LogP contribution in [0.25, 0.3) is 17.0 Å². The lowest BCUT2D eigenvalue weighted by atomic mass is 10.1. The molecule has 34 heavy (non-hydrogen) atoms. The number of carbonyl (C=O) groups excluding carboxylic acids is 1. The van der Waals surface area contributed by atoms with Crippen LogP contribution in [0, 0.1) is 0 Å². The van der Waals surface area contributed by atoms with E-state index in [2.05, 4.69) is 0 Å². The number of hydrogen-bond donors (Lipinski definition) is 2. The van der Waals surface area contributed by atoms with Gasteiger partial charge in [0.25, 0.3) is 11.5 Å². The normalized spacial score (nSPS) is 11.2. The van der Waals surface area contributed by atoms with Crippen LogP contribution < -0.4 is 16.7 Å². The quantitative estimate of drug-likeness (QED) is 0.242. The van der Waals surface area contributed by atoms with Gasteiger partial charge in [0, 0.05) is 17.6 Å². The fraction of sp³-hybridized carbons (Fsp3) is 0.115. The fourth-order valence-corrected chi connectivity index (χ4v) is 3.92. The minimum Gasteiger partial charge on any atom is -0.289 e. The fourth-order valence-electron chi connectivity index (χ4n) is 3.75. The van der Waals surface area contributed by atoms with E-state index in [1.165, 1.54) is 16.1 Å². The van der Waals surface area contributed by atoms with Crippen molar-refractivity contribution in [1.29, 1.82) is 0 Å². The van der Waals surface area contributed by atoms with Crippen LogP contribution in [0.1, 0.15) is 16.7 Å². The summed E-state index contributed by atoms with van der Waals surface area (Å²) in [6.45, 7) is 0.499. The zero-order valence-corrected chi connectivity index (χ0v) is 18.9. The van der Waals surface area contributed by atoms with Crippen molar-refractivity contribution in [3.8, 4) is 0 Å². The average molecular weight is 476 g/mol. The van der Waals surface area contributed by atoms with Gasteiger partial charge in [-0.05, 0) is 47.4 Å². The van der Waals surface area contributed by atoms with Gasteiger partial charge in [-0.25, -0.2) is 10.3 Å². The molecule has 0 saturated carbocycles. The number of hydroxylamine groups is 1. The molecule has 172 valence electrons. The van der Waals surface area contributed by atoms with Gasteiger partial charge in [0.05, 0.1) is 17.4 Å². The van der Waals surface area contributed by atoms with Crippen molar-refractivity contribution in [2.75, 3.05) is 0 Å². The van der Waals surface area contributed by atoms with Crippen LogP contribution in [0.15, 0.2) is 88.5 Å². The van der Waals surface area contributed by atoms with E-state index in [-0.39, 0.29) is 18.6 Å². The van der Waals surface area contributed by atoms with Crippen molar-refractivity contribution in [3.05, 3.63) is 121 Å². The van der Waals surface area contributed by atoms with Crippen LogP contribution in [-0.2, 0) is 24.3 Å². The molecule has 0 fully saturated rings. The lowest BCUT2D eigenvalue weighted by Crippen LogP contribution is -2.40. The van der Waals surface area contributed by atoms with E-state index >= 15 is 0 Å². The molecule has 0 bridgehead atoms. The molecule has 0 aliphatic heterocycles. The first-order chi connectivity index (χ1) is 16.5. The summed E-state index contributed by atoms with van der Waals surface area (Å²) in [6.07, 6.45) is 3.32. The summed E-state index contributed by atoms with van der Waals surface area (Å²) in [5.41, 5.74) is 3.89. The average Bonchev–Trinajstić information content (AvgIpc) is 2.86. The molecule has 1 aromatic heterocycles. The number of halogens is 1. The lowest BCUT2D eigenvalue weighted by molar-refractivity contribution is -0.124. The number of fused-ring (bicyclic) bond motifs is 1. The number of aromatic nitrogens is 2. The summed E-state index contributed by atoms with van der Waals surface area (Å²) in [6, 6.07) is 21.9. The highest BCUT2D eigenvalue weighted by Gasteiger charge is 2.14. The second kappa shape index (κ2) is 10.3. The second-order valence-corrected chi connectivity index (χ2v) is 8.21. The predicted octanol–water partition coefficient (Wildman–Crippen LogP) is 3.63. The minimum absolute atomic E-state index is 0.239. The first-order valence-corrected chi connectivity index (χ1v) is 11.0. The monoisotopic (exact) mass is 475 g/mol. The number of aryl methyl sites for hydroxylation is 1. The molecule has 3 aromatic carbocycles. The van der Waals surface area contributed by atoms with E-state index in [1.807, 2.05) is 42.5 Å². The molecule has 0 radical (unpaired) electrons. The summed E-state index contributed by atoms with van der Waals surface area (Å²) in [4.78, 5) is 37.7. The molecule has 1 heterocycles. The molecule has 4 rings (SSSR count). The molecule has 1 amide bonds. The van der Waals surface area contributed by atoms with Crippen molar-refractivity contribution in [2.24, 2.45) is 0 Å². The summed E-state index contributed by atoms with van der Waals surface area (Å²) < 4.78 is 2.82. The van der Waals surface area contributed by atoms with Crippen LogP contribution in [0.3, 0.4) is 0 Å². The van der Waals surface area contributed by atoms with E-state index in [0.717, 1.165) is 16.7 Å². The molecular formula is C26H22ClN3O4. The van der Waals surface area contributed by atoms with E-state index in [1.54, 1.807) is 41.0 Å². The third-order valence-electron chi connectivity index (χ3n) is 5.51.